The SMILES string of the molecule is CCCCCCCCNc1ncnc2c1ncn2[C@@H]1O[C@H](COP(=O)(O)OP(=O)(O)OP(=O)(O)O)C(O)[C@@H]1O. The molecule has 7 N–H and O–H groups in total. The molecule has 1 aliphatic heterocycles. The Labute approximate surface area is 222 Å². The summed E-state index contributed by atoms with van der Waals surface area (Å²) in [6.45, 7) is 1.88. The topological polar surface area (TPSA) is 265 Å². The van der Waals surface area contributed by atoms with Gasteiger partial charge in [0.2, 0.25) is 0 Å². The van der Waals surface area contributed by atoms with Gasteiger partial charge < -0.3 is 39.8 Å². The molecule has 0 spiro atoms. The second kappa shape index (κ2) is 13.5. The van der Waals surface area contributed by atoms with E-state index in [9.17, 15) is 33.7 Å². The van der Waals surface area contributed by atoms with Crippen molar-refractivity contribution in [3.8, 4) is 0 Å². The number of fused-ring (bicyclic) bond motifs is 1. The second-order valence-corrected chi connectivity index (χ2v) is 13.1. The van der Waals surface area contributed by atoms with Crippen LogP contribution in [0.5, 0.6) is 0 Å². The highest BCUT2D eigenvalue weighted by atomic mass is 31.3. The van der Waals surface area contributed by atoms with Gasteiger partial charge >= 0.3 is 23.5 Å². The summed E-state index contributed by atoms with van der Waals surface area (Å²) >= 11 is 0. The quantitative estimate of drug-likeness (QED) is 0.104. The van der Waals surface area contributed by atoms with Crippen LogP contribution in [0.25, 0.3) is 11.2 Å². The lowest BCUT2D eigenvalue weighted by atomic mass is 10.1. The molecular formula is C18H32N5O13P3. The zero-order valence-electron chi connectivity index (χ0n) is 20.8. The molecule has 3 heterocycles. The summed E-state index contributed by atoms with van der Waals surface area (Å²) in [6.07, 6.45) is 3.36. The van der Waals surface area contributed by atoms with Crippen molar-refractivity contribution in [2.24, 2.45) is 0 Å². The zero-order chi connectivity index (χ0) is 28.8. The van der Waals surface area contributed by atoms with E-state index >= 15 is 0 Å². The third kappa shape index (κ3) is 9.33. The Morgan fingerprint density at radius 3 is 2.33 bits per heavy atom. The summed E-state index contributed by atoms with van der Waals surface area (Å²) in [7, 11) is -16.7. The maximum Gasteiger partial charge on any atom is 0.490 e. The molecule has 0 aromatic carbocycles. The van der Waals surface area contributed by atoms with Gasteiger partial charge in [0.1, 0.15) is 24.6 Å². The van der Waals surface area contributed by atoms with Gasteiger partial charge in [-0.25, -0.2) is 28.6 Å². The Hall–Kier alpha value is -1.36. The minimum absolute atomic E-state index is 0.264. The lowest BCUT2D eigenvalue weighted by Crippen LogP contribution is -2.33. The van der Waals surface area contributed by atoms with Crippen LogP contribution < -0.4 is 5.32 Å². The van der Waals surface area contributed by atoms with Crippen LogP contribution in [0.4, 0.5) is 5.82 Å². The molecule has 39 heavy (non-hydrogen) atoms. The summed E-state index contributed by atoms with van der Waals surface area (Å²) in [5.41, 5.74) is 0.644. The number of unbranched alkanes of at least 4 members (excludes halogenated alkanes) is 5. The minimum atomic E-state index is -5.71. The summed E-state index contributed by atoms with van der Waals surface area (Å²) < 4.78 is 52.8. The first-order valence-electron chi connectivity index (χ1n) is 11.9. The Kier molecular flexibility index (Phi) is 11.2. The van der Waals surface area contributed by atoms with Gasteiger partial charge in [-0.05, 0) is 6.42 Å². The zero-order valence-corrected chi connectivity index (χ0v) is 23.5. The fraction of sp³-hybridized carbons (Fsp3) is 0.722. The summed E-state index contributed by atoms with van der Waals surface area (Å²) in [6, 6.07) is 0. The average Bonchev–Trinajstić information content (AvgIpc) is 3.36. The third-order valence-electron chi connectivity index (χ3n) is 5.61. The van der Waals surface area contributed by atoms with Gasteiger partial charge in [-0.3, -0.25) is 9.09 Å². The van der Waals surface area contributed by atoms with Crippen molar-refractivity contribution in [1.29, 1.82) is 0 Å². The number of imidazole rings is 1. The van der Waals surface area contributed by atoms with Crippen LogP contribution in [0.2, 0.25) is 0 Å². The van der Waals surface area contributed by atoms with Crippen molar-refractivity contribution in [2.45, 2.75) is 70.0 Å². The number of phosphoric ester groups is 1. The molecule has 18 nitrogen and oxygen atoms in total. The van der Waals surface area contributed by atoms with E-state index in [-0.39, 0.29) is 5.65 Å². The average molecular weight is 619 g/mol. The number of nitrogens with one attached hydrogen (secondary N) is 1. The molecule has 3 rings (SSSR count). The van der Waals surface area contributed by atoms with Gasteiger partial charge in [-0.1, -0.05) is 39.0 Å². The smallest absolute Gasteiger partial charge is 0.387 e. The predicted octanol–water partition coefficient (Wildman–Crippen LogP) is 1.56. The Morgan fingerprint density at radius 2 is 1.64 bits per heavy atom. The Bertz CT molecular complexity index is 1240. The number of aliphatic hydroxyl groups excluding tert-OH is 2. The molecule has 0 amide bonds. The van der Waals surface area contributed by atoms with Gasteiger partial charge in [0.25, 0.3) is 0 Å². The normalized spacial score (nSPS) is 25.0. The number of phosphoric acid groups is 3. The highest BCUT2D eigenvalue weighted by molar-refractivity contribution is 7.66. The molecule has 0 aliphatic carbocycles. The standard InChI is InChI=1S/C18H32N5O13P3/c1-2-3-4-5-6-7-8-19-16-13-17(21-10-20-16)23(11-22-13)18-15(25)14(24)12(34-18)9-33-38(29,30)36-39(31,32)35-37(26,27)28/h10-12,14-15,18,24-25H,2-9H2,1H3,(H,29,30)(H,31,32)(H,19,20,21)(H2,26,27,28)/t12-,14?,15+,18-/m1/s1. The monoisotopic (exact) mass is 619 g/mol. The van der Waals surface area contributed by atoms with Crippen LogP contribution in [-0.4, -0.2) is 80.8 Å². The molecule has 2 aromatic heterocycles. The van der Waals surface area contributed by atoms with E-state index in [1.165, 1.54) is 36.5 Å². The van der Waals surface area contributed by atoms with E-state index in [4.69, 9.17) is 14.5 Å². The first kappa shape index (κ1) is 32.2. The van der Waals surface area contributed by atoms with Crippen molar-refractivity contribution in [3.63, 3.8) is 0 Å². The lowest BCUT2D eigenvalue weighted by molar-refractivity contribution is -0.0503. The van der Waals surface area contributed by atoms with E-state index in [0.717, 1.165) is 19.3 Å². The lowest BCUT2D eigenvalue weighted by Gasteiger charge is -2.19. The molecular weight excluding hydrogens is 587 g/mol. The molecule has 1 saturated heterocycles. The van der Waals surface area contributed by atoms with Gasteiger partial charge in [-0.15, -0.1) is 0 Å². The van der Waals surface area contributed by atoms with Crippen LogP contribution >= 0.6 is 23.5 Å². The third-order valence-corrected chi connectivity index (χ3v) is 9.41. The Balaban J connectivity index is 1.62. The van der Waals surface area contributed by atoms with Gasteiger partial charge in [0, 0.05) is 6.54 Å². The number of aliphatic hydroxyl groups is 2. The highest BCUT2D eigenvalue weighted by Crippen LogP contribution is 2.66. The van der Waals surface area contributed by atoms with E-state index < -0.39 is 54.6 Å². The molecule has 21 heteroatoms. The number of hydrogen-bond donors (Lipinski definition) is 7. The van der Waals surface area contributed by atoms with E-state index in [1.807, 2.05) is 0 Å². The maximum atomic E-state index is 12.0. The first-order chi connectivity index (χ1) is 18.2. The molecule has 0 saturated carbocycles. The fourth-order valence-electron chi connectivity index (χ4n) is 3.85. The van der Waals surface area contributed by atoms with E-state index in [0.29, 0.717) is 17.9 Å². The Morgan fingerprint density at radius 1 is 0.949 bits per heavy atom. The first-order valence-corrected chi connectivity index (χ1v) is 16.5. The molecule has 1 fully saturated rings. The number of anilines is 1. The number of aromatic nitrogens is 4. The van der Waals surface area contributed by atoms with Crippen LogP contribution in [0.3, 0.4) is 0 Å². The van der Waals surface area contributed by atoms with Gasteiger partial charge in [-0.2, -0.15) is 8.62 Å². The molecule has 6 atom stereocenters. The van der Waals surface area contributed by atoms with Crippen molar-refractivity contribution >= 4 is 40.4 Å². The van der Waals surface area contributed by atoms with Crippen LogP contribution in [-0.2, 0) is 31.6 Å². The highest BCUT2D eigenvalue weighted by Gasteiger charge is 2.47. The summed E-state index contributed by atoms with van der Waals surface area (Å²) in [5, 5.41) is 24.1. The number of hydrogen-bond acceptors (Lipinski definition) is 13. The van der Waals surface area contributed by atoms with E-state index in [1.54, 1.807) is 0 Å². The maximum absolute atomic E-state index is 12.0. The van der Waals surface area contributed by atoms with Crippen molar-refractivity contribution in [1.82, 2.24) is 19.5 Å². The molecule has 1 aliphatic rings. The second-order valence-electron chi connectivity index (χ2n) is 8.67. The van der Waals surface area contributed by atoms with Gasteiger partial charge in [0.05, 0.1) is 12.9 Å². The van der Waals surface area contributed by atoms with Crippen LogP contribution in [0, 0.1) is 0 Å². The molecule has 2 aromatic rings. The summed E-state index contributed by atoms with van der Waals surface area (Å²) in [4.78, 5) is 48.7. The van der Waals surface area contributed by atoms with Crippen molar-refractivity contribution in [2.75, 3.05) is 18.5 Å². The molecule has 222 valence electrons. The number of rotatable bonds is 16. The molecule has 0 radical (unpaired) electrons. The summed E-state index contributed by atoms with van der Waals surface area (Å²) in [5.74, 6) is 0.463. The molecule has 3 unspecified atom stereocenters. The number of ether oxygens (including phenoxy) is 1. The number of nitrogens with zero attached hydrogens (tertiary/aromatic N) is 4. The fourth-order valence-corrected chi connectivity index (χ4v) is 6.88. The van der Waals surface area contributed by atoms with Crippen LogP contribution in [0.1, 0.15) is 51.7 Å². The largest absolute Gasteiger partial charge is 0.490 e. The minimum Gasteiger partial charge on any atom is -0.387 e. The van der Waals surface area contributed by atoms with Crippen LogP contribution in [0.15, 0.2) is 12.7 Å². The van der Waals surface area contributed by atoms with Crippen molar-refractivity contribution in [3.05, 3.63) is 12.7 Å². The van der Waals surface area contributed by atoms with Gasteiger partial charge in [0.15, 0.2) is 23.2 Å². The van der Waals surface area contributed by atoms with E-state index in [2.05, 4.69) is 40.3 Å². The van der Waals surface area contributed by atoms with Crippen molar-refractivity contribution < 1.29 is 61.4 Å². The molecule has 0 bridgehead atoms. The predicted molar refractivity (Wildman–Crippen MR) is 133 cm³/mol.